The summed E-state index contributed by atoms with van der Waals surface area (Å²) in [7, 11) is 0. The van der Waals surface area contributed by atoms with Gasteiger partial charge < -0.3 is 15.5 Å². The standard InChI is InChI=1S/C18H27N3O2/c1-13(2)17(22)19-15-9-8-14(3)16(12-15)20-18(23)21-10-6-4-5-7-11-21/h8-9,12-13H,4-7,10-11H2,1-3H3,(H,19,22)(H,20,23). The molecule has 23 heavy (non-hydrogen) atoms. The minimum atomic E-state index is -0.0774. The highest BCUT2D eigenvalue weighted by molar-refractivity contribution is 5.94. The van der Waals surface area contributed by atoms with Crippen molar-refractivity contribution in [2.24, 2.45) is 5.92 Å². The van der Waals surface area contributed by atoms with Gasteiger partial charge in [0.2, 0.25) is 5.91 Å². The largest absolute Gasteiger partial charge is 0.326 e. The zero-order valence-electron chi connectivity index (χ0n) is 14.3. The second-order valence-corrected chi connectivity index (χ2v) is 6.51. The molecule has 1 aromatic carbocycles. The van der Waals surface area contributed by atoms with Crippen molar-refractivity contribution in [2.45, 2.75) is 46.5 Å². The summed E-state index contributed by atoms with van der Waals surface area (Å²) in [5.74, 6) is -0.106. The molecule has 0 aliphatic carbocycles. The van der Waals surface area contributed by atoms with Crippen molar-refractivity contribution < 1.29 is 9.59 Å². The molecule has 126 valence electrons. The average Bonchev–Trinajstić information content (AvgIpc) is 2.79. The molecule has 0 saturated carbocycles. The number of nitrogens with zero attached hydrogens (tertiary/aromatic N) is 1. The fraction of sp³-hybridized carbons (Fsp3) is 0.556. The number of urea groups is 1. The average molecular weight is 317 g/mol. The van der Waals surface area contributed by atoms with E-state index in [2.05, 4.69) is 10.6 Å². The lowest BCUT2D eigenvalue weighted by Crippen LogP contribution is -2.35. The molecular formula is C18H27N3O2. The molecule has 2 rings (SSSR count). The smallest absolute Gasteiger partial charge is 0.321 e. The molecule has 5 nitrogen and oxygen atoms in total. The van der Waals surface area contributed by atoms with Crippen LogP contribution in [0.3, 0.4) is 0 Å². The van der Waals surface area contributed by atoms with Crippen molar-refractivity contribution in [3.8, 4) is 0 Å². The van der Waals surface area contributed by atoms with E-state index in [-0.39, 0.29) is 17.9 Å². The normalized spacial score (nSPS) is 15.2. The Bertz CT molecular complexity index is 561. The number of anilines is 2. The van der Waals surface area contributed by atoms with Gasteiger partial charge in [-0.3, -0.25) is 4.79 Å². The Labute approximate surface area is 138 Å². The van der Waals surface area contributed by atoms with Crippen LogP contribution in [0, 0.1) is 12.8 Å². The molecule has 1 heterocycles. The molecule has 5 heteroatoms. The third-order valence-corrected chi connectivity index (χ3v) is 4.16. The maximum Gasteiger partial charge on any atom is 0.321 e. The van der Waals surface area contributed by atoms with E-state index in [0.717, 1.165) is 37.2 Å². The molecule has 0 aromatic heterocycles. The van der Waals surface area contributed by atoms with E-state index in [1.807, 2.05) is 43.9 Å². The van der Waals surface area contributed by atoms with Crippen molar-refractivity contribution in [1.29, 1.82) is 0 Å². The number of carbonyl (C=O) groups excluding carboxylic acids is 2. The fourth-order valence-corrected chi connectivity index (χ4v) is 2.59. The van der Waals surface area contributed by atoms with Crippen LogP contribution in [0.2, 0.25) is 0 Å². The van der Waals surface area contributed by atoms with Crippen molar-refractivity contribution in [2.75, 3.05) is 23.7 Å². The molecule has 1 saturated heterocycles. The summed E-state index contributed by atoms with van der Waals surface area (Å²) in [4.78, 5) is 26.1. The second-order valence-electron chi connectivity index (χ2n) is 6.51. The summed E-state index contributed by atoms with van der Waals surface area (Å²) in [6.07, 6.45) is 4.52. The summed E-state index contributed by atoms with van der Waals surface area (Å²) < 4.78 is 0. The number of hydrogen-bond acceptors (Lipinski definition) is 2. The van der Waals surface area contributed by atoms with Crippen LogP contribution in [0.25, 0.3) is 0 Å². The SMILES string of the molecule is Cc1ccc(NC(=O)C(C)C)cc1NC(=O)N1CCCCCC1. The molecular weight excluding hydrogens is 290 g/mol. The van der Waals surface area contributed by atoms with E-state index < -0.39 is 0 Å². The molecule has 0 radical (unpaired) electrons. The first kappa shape index (κ1) is 17.3. The molecule has 0 bridgehead atoms. The first-order valence-electron chi connectivity index (χ1n) is 8.45. The first-order chi connectivity index (χ1) is 11.0. The monoisotopic (exact) mass is 317 g/mol. The van der Waals surface area contributed by atoms with Gasteiger partial charge in [0.05, 0.1) is 0 Å². The van der Waals surface area contributed by atoms with E-state index in [1.165, 1.54) is 12.8 Å². The number of rotatable bonds is 3. The summed E-state index contributed by atoms with van der Waals surface area (Å²) in [5.41, 5.74) is 2.44. The van der Waals surface area contributed by atoms with Crippen LogP contribution in [-0.2, 0) is 4.79 Å². The summed E-state index contributed by atoms with van der Waals surface area (Å²) >= 11 is 0. The van der Waals surface area contributed by atoms with Gasteiger partial charge in [0, 0.05) is 30.4 Å². The van der Waals surface area contributed by atoms with Crippen LogP contribution in [0.1, 0.15) is 45.1 Å². The number of benzene rings is 1. The van der Waals surface area contributed by atoms with E-state index >= 15 is 0 Å². The highest BCUT2D eigenvalue weighted by atomic mass is 16.2. The van der Waals surface area contributed by atoms with Crippen molar-refractivity contribution in [1.82, 2.24) is 4.90 Å². The van der Waals surface area contributed by atoms with Crippen molar-refractivity contribution in [3.05, 3.63) is 23.8 Å². The zero-order valence-corrected chi connectivity index (χ0v) is 14.3. The first-order valence-corrected chi connectivity index (χ1v) is 8.45. The van der Waals surface area contributed by atoms with Gasteiger partial charge in [0.15, 0.2) is 0 Å². The molecule has 1 aliphatic rings. The predicted molar refractivity (Wildman–Crippen MR) is 93.7 cm³/mol. The number of aryl methyl sites for hydroxylation is 1. The third-order valence-electron chi connectivity index (χ3n) is 4.16. The molecule has 0 unspecified atom stereocenters. The van der Waals surface area contributed by atoms with E-state index in [1.54, 1.807) is 0 Å². The molecule has 1 fully saturated rings. The minimum Gasteiger partial charge on any atom is -0.326 e. The van der Waals surface area contributed by atoms with Gasteiger partial charge in [-0.05, 0) is 37.5 Å². The summed E-state index contributed by atoms with van der Waals surface area (Å²) in [6, 6.07) is 5.54. The molecule has 0 atom stereocenters. The van der Waals surface area contributed by atoms with Gasteiger partial charge >= 0.3 is 6.03 Å². The zero-order chi connectivity index (χ0) is 16.8. The van der Waals surface area contributed by atoms with Gasteiger partial charge in [-0.15, -0.1) is 0 Å². The van der Waals surface area contributed by atoms with Crippen LogP contribution < -0.4 is 10.6 Å². The van der Waals surface area contributed by atoms with Gasteiger partial charge in [0.25, 0.3) is 0 Å². The number of hydrogen-bond donors (Lipinski definition) is 2. The van der Waals surface area contributed by atoms with E-state index in [9.17, 15) is 9.59 Å². The molecule has 1 aromatic rings. The van der Waals surface area contributed by atoms with E-state index in [4.69, 9.17) is 0 Å². The van der Waals surface area contributed by atoms with E-state index in [0.29, 0.717) is 5.69 Å². The lowest BCUT2D eigenvalue weighted by molar-refractivity contribution is -0.118. The Balaban J connectivity index is 2.06. The number of nitrogens with one attached hydrogen (secondary N) is 2. The summed E-state index contributed by atoms with van der Waals surface area (Å²) in [6.45, 7) is 7.28. The van der Waals surface area contributed by atoms with Crippen LogP contribution in [0.15, 0.2) is 18.2 Å². The maximum atomic E-state index is 12.4. The Hall–Kier alpha value is -2.04. The topological polar surface area (TPSA) is 61.4 Å². The number of carbonyl (C=O) groups is 2. The van der Waals surface area contributed by atoms with Gasteiger partial charge in [-0.2, -0.15) is 0 Å². The van der Waals surface area contributed by atoms with Gasteiger partial charge in [0.1, 0.15) is 0 Å². The van der Waals surface area contributed by atoms with Crippen molar-refractivity contribution in [3.63, 3.8) is 0 Å². The summed E-state index contributed by atoms with van der Waals surface area (Å²) in [5, 5.41) is 5.85. The lowest BCUT2D eigenvalue weighted by Gasteiger charge is -2.21. The Morgan fingerprint density at radius 2 is 1.70 bits per heavy atom. The Morgan fingerprint density at radius 1 is 1.04 bits per heavy atom. The van der Waals surface area contributed by atoms with Crippen LogP contribution >= 0.6 is 0 Å². The highest BCUT2D eigenvalue weighted by Crippen LogP contribution is 2.22. The lowest BCUT2D eigenvalue weighted by atomic mass is 10.1. The quantitative estimate of drug-likeness (QED) is 0.885. The highest BCUT2D eigenvalue weighted by Gasteiger charge is 2.16. The van der Waals surface area contributed by atoms with Crippen LogP contribution in [0.5, 0.6) is 0 Å². The number of likely N-dealkylation sites (tertiary alicyclic amines) is 1. The fourth-order valence-electron chi connectivity index (χ4n) is 2.59. The Morgan fingerprint density at radius 3 is 2.30 bits per heavy atom. The van der Waals surface area contributed by atoms with Crippen LogP contribution in [-0.4, -0.2) is 29.9 Å². The Kier molecular flexibility index (Phi) is 6.02. The minimum absolute atomic E-state index is 0.0290. The second kappa shape index (κ2) is 7.99. The maximum absolute atomic E-state index is 12.4. The molecule has 1 aliphatic heterocycles. The molecule has 2 N–H and O–H groups in total. The predicted octanol–water partition coefficient (Wildman–Crippen LogP) is 4.00. The van der Waals surface area contributed by atoms with Crippen molar-refractivity contribution >= 4 is 23.3 Å². The molecule has 3 amide bonds. The molecule has 0 spiro atoms. The number of amides is 3. The van der Waals surface area contributed by atoms with Gasteiger partial charge in [-0.25, -0.2) is 4.79 Å². The van der Waals surface area contributed by atoms with Gasteiger partial charge in [-0.1, -0.05) is 32.8 Å². The van der Waals surface area contributed by atoms with Crippen LogP contribution in [0.4, 0.5) is 16.2 Å². The third kappa shape index (κ3) is 4.98.